The fourth-order valence-electron chi connectivity index (χ4n) is 4.89. The molecule has 0 bridgehead atoms. The third kappa shape index (κ3) is 5.42. The molecule has 0 aliphatic carbocycles. The lowest BCUT2D eigenvalue weighted by atomic mass is 10.0. The van der Waals surface area contributed by atoms with Gasteiger partial charge in [0.1, 0.15) is 11.6 Å². The van der Waals surface area contributed by atoms with Crippen molar-refractivity contribution in [3.05, 3.63) is 113 Å². The number of hydrogen-bond acceptors (Lipinski definition) is 4. The Morgan fingerprint density at radius 2 is 1.84 bits per heavy atom. The second-order valence-electron chi connectivity index (χ2n) is 9.26. The topological polar surface area (TPSA) is 50.6 Å². The quantitative estimate of drug-likeness (QED) is 0.333. The van der Waals surface area contributed by atoms with Crippen molar-refractivity contribution in [3.63, 3.8) is 0 Å². The van der Waals surface area contributed by atoms with E-state index in [0.29, 0.717) is 18.7 Å². The molecule has 1 aromatic heterocycles. The van der Waals surface area contributed by atoms with E-state index in [9.17, 15) is 9.18 Å². The zero-order valence-corrected chi connectivity index (χ0v) is 21.2. The van der Waals surface area contributed by atoms with Crippen LogP contribution in [0.1, 0.15) is 39.8 Å². The predicted octanol–water partition coefficient (Wildman–Crippen LogP) is 5.24. The van der Waals surface area contributed by atoms with Gasteiger partial charge in [0.05, 0.1) is 30.7 Å². The van der Waals surface area contributed by atoms with Crippen molar-refractivity contribution in [1.82, 2.24) is 19.6 Å². The number of halogens is 1. The monoisotopic (exact) mass is 498 g/mol. The molecule has 3 aromatic carbocycles. The number of methoxy groups -OCH3 is 1. The molecule has 1 aliphatic rings. The van der Waals surface area contributed by atoms with Crippen LogP contribution < -0.4 is 4.74 Å². The van der Waals surface area contributed by atoms with Crippen molar-refractivity contribution in [2.75, 3.05) is 20.2 Å². The van der Waals surface area contributed by atoms with E-state index >= 15 is 0 Å². The van der Waals surface area contributed by atoms with Gasteiger partial charge in [0, 0.05) is 43.7 Å². The minimum atomic E-state index is -0.417. The van der Waals surface area contributed by atoms with E-state index in [-0.39, 0.29) is 5.91 Å². The molecule has 7 heteroatoms. The normalized spacial score (nSPS) is 13.3. The van der Waals surface area contributed by atoms with Gasteiger partial charge < -0.3 is 9.64 Å². The molecule has 0 spiro atoms. The van der Waals surface area contributed by atoms with Gasteiger partial charge in [0.15, 0.2) is 0 Å². The van der Waals surface area contributed by atoms with Crippen molar-refractivity contribution in [3.8, 4) is 11.4 Å². The second kappa shape index (κ2) is 11.0. The van der Waals surface area contributed by atoms with Gasteiger partial charge in [-0.15, -0.1) is 0 Å². The van der Waals surface area contributed by atoms with Crippen LogP contribution in [0.3, 0.4) is 0 Å². The number of fused-ring (bicyclic) bond motifs is 1. The highest BCUT2D eigenvalue weighted by Gasteiger charge is 2.27. The van der Waals surface area contributed by atoms with E-state index in [1.165, 1.54) is 23.4 Å². The molecule has 0 radical (unpaired) electrons. The molecular formula is C30H31FN4O2. The maximum atomic E-state index is 13.8. The Labute approximate surface area is 216 Å². The molecule has 0 fully saturated rings. The molecular weight excluding hydrogens is 467 g/mol. The minimum absolute atomic E-state index is 0.202. The number of nitrogens with zero attached hydrogens (tertiary/aromatic N) is 4. The van der Waals surface area contributed by atoms with Crippen molar-refractivity contribution >= 4 is 5.91 Å². The lowest BCUT2D eigenvalue weighted by Crippen LogP contribution is -2.33. The molecule has 0 saturated carbocycles. The van der Waals surface area contributed by atoms with Gasteiger partial charge in [-0.25, -0.2) is 9.07 Å². The molecule has 190 valence electrons. The highest BCUT2D eigenvalue weighted by atomic mass is 19.1. The number of hydrogen-bond donors (Lipinski definition) is 0. The molecule has 4 aromatic rings. The van der Waals surface area contributed by atoms with Crippen LogP contribution in [0.4, 0.5) is 4.39 Å². The summed E-state index contributed by atoms with van der Waals surface area (Å²) in [6.45, 7) is 5.31. The Hall–Kier alpha value is -3.97. The third-order valence-corrected chi connectivity index (χ3v) is 6.87. The van der Waals surface area contributed by atoms with Crippen LogP contribution in [0.5, 0.6) is 5.75 Å². The Morgan fingerprint density at radius 1 is 1.05 bits per heavy atom. The van der Waals surface area contributed by atoms with Crippen molar-refractivity contribution in [1.29, 1.82) is 0 Å². The first kappa shape index (κ1) is 24.7. The van der Waals surface area contributed by atoms with Gasteiger partial charge in [-0.2, -0.15) is 5.10 Å². The fourth-order valence-corrected chi connectivity index (χ4v) is 4.89. The standard InChI is InChI=1S/C30H31FN4O2/c1-3-34(30(36)23-10-7-11-24(31)18-23)21-28-27-20-33(19-22-8-5-4-6-9-22)17-16-29(27)35(32-28)25-12-14-26(37-2)15-13-25/h4-15,18H,3,16-17,19-21H2,1-2H3. The first-order valence-electron chi connectivity index (χ1n) is 12.6. The van der Waals surface area contributed by atoms with Crippen LogP contribution in [-0.4, -0.2) is 45.7 Å². The second-order valence-corrected chi connectivity index (χ2v) is 9.26. The first-order valence-corrected chi connectivity index (χ1v) is 12.6. The van der Waals surface area contributed by atoms with E-state index < -0.39 is 5.82 Å². The van der Waals surface area contributed by atoms with Crippen LogP contribution in [0.15, 0.2) is 78.9 Å². The van der Waals surface area contributed by atoms with E-state index in [2.05, 4.69) is 29.2 Å². The van der Waals surface area contributed by atoms with E-state index in [1.54, 1.807) is 24.1 Å². The predicted molar refractivity (Wildman–Crippen MR) is 141 cm³/mol. The summed E-state index contributed by atoms with van der Waals surface area (Å²) in [6, 6.07) is 24.2. The molecule has 2 heterocycles. The minimum Gasteiger partial charge on any atom is -0.497 e. The number of benzene rings is 3. The van der Waals surface area contributed by atoms with Crippen LogP contribution >= 0.6 is 0 Å². The number of ether oxygens (including phenoxy) is 1. The van der Waals surface area contributed by atoms with Crippen molar-refractivity contribution in [2.45, 2.75) is 33.0 Å². The lowest BCUT2D eigenvalue weighted by molar-refractivity contribution is 0.0749. The molecule has 1 amide bonds. The van der Waals surface area contributed by atoms with Gasteiger partial charge in [0.2, 0.25) is 0 Å². The molecule has 37 heavy (non-hydrogen) atoms. The molecule has 0 saturated heterocycles. The zero-order chi connectivity index (χ0) is 25.8. The van der Waals surface area contributed by atoms with E-state index in [1.807, 2.05) is 41.9 Å². The highest BCUT2D eigenvalue weighted by Crippen LogP contribution is 2.28. The zero-order valence-electron chi connectivity index (χ0n) is 21.2. The smallest absolute Gasteiger partial charge is 0.254 e. The average Bonchev–Trinajstić information content (AvgIpc) is 3.29. The molecule has 6 nitrogen and oxygen atoms in total. The molecule has 5 rings (SSSR count). The fraction of sp³-hybridized carbons (Fsp3) is 0.267. The van der Waals surface area contributed by atoms with Gasteiger partial charge in [0.25, 0.3) is 5.91 Å². The summed E-state index contributed by atoms with van der Waals surface area (Å²) in [4.78, 5) is 17.4. The Bertz CT molecular complexity index is 1370. The summed E-state index contributed by atoms with van der Waals surface area (Å²) in [5.74, 6) is 0.170. The largest absolute Gasteiger partial charge is 0.497 e. The molecule has 0 N–H and O–H groups in total. The number of aromatic nitrogens is 2. The lowest BCUT2D eigenvalue weighted by Gasteiger charge is -2.28. The van der Waals surface area contributed by atoms with E-state index in [0.717, 1.165) is 48.7 Å². The van der Waals surface area contributed by atoms with Crippen molar-refractivity contribution < 1.29 is 13.9 Å². The van der Waals surface area contributed by atoms with Gasteiger partial charge >= 0.3 is 0 Å². The Balaban J connectivity index is 1.47. The summed E-state index contributed by atoms with van der Waals surface area (Å²) in [5, 5.41) is 5.02. The first-order chi connectivity index (χ1) is 18.1. The van der Waals surface area contributed by atoms with Gasteiger partial charge in [-0.1, -0.05) is 36.4 Å². The van der Waals surface area contributed by atoms with Crippen LogP contribution in [0, 0.1) is 5.82 Å². The van der Waals surface area contributed by atoms with E-state index in [4.69, 9.17) is 9.84 Å². The van der Waals surface area contributed by atoms with Crippen LogP contribution in [-0.2, 0) is 26.1 Å². The Kier molecular flexibility index (Phi) is 7.32. The number of carbonyl (C=O) groups is 1. The summed E-state index contributed by atoms with van der Waals surface area (Å²) in [7, 11) is 1.65. The number of carbonyl (C=O) groups excluding carboxylic acids is 1. The number of amides is 1. The van der Waals surface area contributed by atoms with Crippen LogP contribution in [0.25, 0.3) is 5.69 Å². The summed E-state index contributed by atoms with van der Waals surface area (Å²) < 4.78 is 21.1. The molecule has 0 unspecified atom stereocenters. The Morgan fingerprint density at radius 3 is 2.54 bits per heavy atom. The third-order valence-electron chi connectivity index (χ3n) is 6.87. The number of rotatable bonds is 8. The molecule has 1 aliphatic heterocycles. The van der Waals surface area contributed by atoms with Crippen molar-refractivity contribution in [2.24, 2.45) is 0 Å². The summed E-state index contributed by atoms with van der Waals surface area (Å²) in [5.41, 5.74) is 5.76. The maximum Gasteiger partial charge on any atom is 0.254 e. The summed E-state index contributed by atoms with van der Waals surface area (Å²) >= 11 is 0. The molecule has 0 atom stereocenters. The SMILES string of the molecule is CCN(Cc1nn(-c2ccc(OC)cc2)c2c1CN(Cc1ccccc1)CC2)C(=O)c1cccc(F)c1. The maximum absolute atomic E-state index is 13.8. The van der Waals surface area contributed by atoms with Crippen LogP contribution in [0.2, 0.25) is 0 Å². The van der Waals surface area contributed by atoms with Gasteiger partial charge in [-0.05, 0) is 55.0 Å². The summed E-state index contributed by atoms with van der Waals surface area (Å²) in [6.07, 6.45) is 0.852. The van der Waals surface area contributed by atoms with Gasteiger partial charge in [-0.3, -0.25) is 9.69 Å². The highest BCUT2D eigenvalue weighted by molar-refractivity contribution is 5.94. The average molecular weight is 499 g/mol.